The Balaban J connectivity index is 1.55. The van der Waals surface area contributed by atoms with Crippen molar-refractivity contribution in [1.82, 2.24) is 5.32 Å². The number of carbonyl (C=O) groups excluding carboxylic acids is 3. The molecule has 7 nitrogen and oxygen atoms in total. The molecule has 31 heavy (non-hydrogen) atoms. The predicted octanol–water partition coefficient (Wildman–Crippen LogP) is 1.81. The van der Waals surface area contributed by atoms with E-state index in [0.717, 1.165) is 21.9 Å². The fourth-order valence-electron chi connectivity index (χ4n) is 3.17. The minimum atomic E-state index is -1.15. The Hall–Kier alpha value is -3.71. The third-order valence-electron chi connectivity index (χ3n) is 4.88. The SMILES string of the molecule is NC(=O)[C@H](Cc1ccc2ccccc2c1)NC(=O)[C@@H](N)CC(=O)OCc1ccccc1. The molecule has 3 rings (SSSR count). The number of esters is 1. The lowest BCUT2D eigenvalue weighted by Gasteiger charge is -2.18. The van der Waals surface area contributed by atoms with Crippen LogP contribution in [0, 0.1) is 0 Å². The largest absolute Gasteiger partial charge is 0.461 e. The predicted molar refractivity (Wildman–Crippen MR) is 118 cm³/mol. The van der Waals surface area contributed by atoms with Crippen molar-refractivity contribution in [2.45, 2.75) is 31.5 Å². The normalized spacial score (nSPS) is 12.7. The lowest BCUT2D eigenvalue weighted by atomic mass is 10.0. The quantitative estimate of drug-likeness (QED) is 0.456. The molecule has 0 aliphatic heterocycles. The number of benzene rings is 3. The number of nitrogens with one attached hydrogen (secondary N) is 1. The topological polar surface area (TPSA) is 125 Å². The molecule has 0 radical (unpaired) electrons. The van der Waals surface area contributed by atoms with Gasteiger partial charge < -0.3 is 21.5 Å². The fraction of sp³-hybridized carbons (Fsp3) is 0.208. The van der Waals surface area contributed by atoms with Crippen molar-refractivity contribution in [3.05, 3.63) is 83.9 Å². The monoisotopic (exact) mass is 419 g/mol. The number of primary amides is 1. The molecular weight excluding hydrogens is 394 g/mol. The van der Waals surface area contributed by atoms with Crippen molar-refractivity contribution in [3.8, 4) is 0 Å². The zero-order chi connectivity index (χ0) is 22.2. The van der Waals surface area contributed by atoms with Crippen LogP contribution >= 0.6 is 0 Å². The van der Waals surface area contributed by atoms with E-state index in [9.17, 15) is 14.4 Å². The lowest BCUT2D eigenvalue weighted by Crippen LogP contribution is -2.51. The summed E-state index contributed by atoms with van der Waals surface area (Å²) in [5.74, 6) is -1.92. The van der Waals surface area contributed by atoms with E-state index >= 15 is 0 Å². The summed E-state index contributed by atoms with van der Waals surface area (Å²) < 4.78 is 5.15. The highest BCUT2D eigenvalue weighted by Crippen LogP contribution is 2.16. The number of carbonyl (C=O) groups is 3. The average molecular weight is 419 g/mol. The van der Waals surface area contributed by atoms with Crippen LogP contribution in [-0.4, -0.2) is 29.9 Å². The Morgan fingerprint density at radius 3 is 2.26 bits per heavy atom. The Labute approximate surface area is 180 Å². The smallest absolute Gasteiger partial charge is 0.308 e. The molecule has 0 saturated carbocycles. The highest BCUT2D eigenvalue weighted by Gasteiger charge is 2.24. The van der Waals surface area contributed by atoms with Gasteiger partial charge in [0.1, 0.15) is 12.6 Å². The van der Waals surface area contributed by atoms with Crippen molar-refractivity contribution in [1.29, 1.82) is 0 Å². The number of fused-ring (bicyclic) bond motifs is 1. The first-order chi connectivity index (χ1) is 14.9. The van der Waals surface area contributed by atoms with Crippen LogP contribution in [0.15, 0.2) is 72.8 Å². The molecule has 0 fully saturated rings. The van der Waals surface area contributed by atoms with E-state index in [4.69, 9.17) is 16.2 Å². The summed E-state index contributed by atoms with van der Waals surface area (Å²) in [6.07, 6.45) is -0.0861. The molecule has 3 aromatic rings. The number of rotatable bonds is 9. The third-order valence-corrected chi connectivity index (χ3v) is 4.88. The van der Waals surface area contributed by atoms with Gasteiger partial charge in [0.05, 0.1) is 12.5 Å². The zero-order valence-electron chi connectivity index (χ0n) is 17.0. The molecular formula is C24H25N3O4. The Bertz CT molecular complexity index is 1070. The second-order valence-electron chi connectivity index (χ2n) is 7.31. The molecule has 2 amide bonds. The van der Waals surface area contributed by atoms with Gasteiger partial charge in [0.25, 0.3) is 0 Å². The molecule has 0 spiro atoms. The van der Waals surface area contributed by atoms with Gasteiger partial charge in [-0.3, -0.25) is 14.4 Å². The standard InChI is InChI=1S/C24H25N3O4/c25-20(14-22(28)31-15-16-6-2-1-3-7-16)24(30)27-21(23(26)29)13-17-10-11-18-8-4-5-9-19(18)12-17/h1-12,20-21H,13-15,25H2,(H2,26,29)(H,27,30)/t20-,21-/m0/s1. The summed E-state index contributed by atoms with van der Waals surface area (Å²) in [5, 5.41) is 4.64. The molecule has 5 N–H and O–H groups in total. The van der Waals surface area contributed by atoms with Crippen molar-refractivity contribution >= 4 is 28.6 Å². The van der Waals surface area contributed by atoms with Gasteiger partial charge in [-0.2, -0.15) is 0 Å². The lowest BCUT2D eigenvalue weighted by molar-refractivity contribution is -0.146. The summed E-state index contributed by atoms with van der Waals surface area (Å²) in [6, 6.07) is 20.7. The highest BCUT2D eigenvalue weighted by atomic mass is 16.5. The van der Waals surface area contributed by atoms with Gasteiger partial charge >= 0.3 is 5.97 Å². The Kier molecular flexibility index (Phi) is 7.35. The van der Waals surface area contributed by atoms with Crippen LogP contribution < -0.4 is 16.8 Å². The summed E-state index contributed by atoms with van der Waals surface area (Å²) >= 11 is 0. The van der Waals surface area contributed by atoms with Crippen LogP contribution in [0.2, 0.25) is 0 Å². The number of hydrogen-bond acceptors (Lipinski definition) is 5. The van der Waals surface area contributed by atoms with E-state index in [1.807, 2.05) is 72.8 Å². The van der Waals surface area contributed by atoms with Crippen LogP contribution in [0.4, 0.5) is 0 Å². The molecule has 3 aromatic carbocycles. The Morgan fingerprint density at radius 2 is 1.55 bits per heavy atom. The second kappa shape index (κ2) is 10.4. The number of amides is 2. The minimum Gasteiger partial charge on any atom is -0.461 e. The van der Waals surface area contributed by atoms with E-state index in [2.05, 4.69) is 5.32 Å². The molecule has 0 heterocycles. The van der Waals surface area contributed by atoms with Gasteiger partial charge in [-0.25, -0.2) is 0 Å². The molecule has 7 heteroatoms. The van der Waals surface area contributed by atoms with Crippen molar-refractivity contribution in [3.63, 3.8) is 0 Å². The average Bonchev–Trinajstić information content (AvgIpc) is 2.77. The maximum absolute atomic E-state index is 12.4. The van der Waals surface area contributed by atoms with Crippen LogP contribution in [0.1, 0.15) is 17.5 Å². The molecule has 0 aromatic heterocycles. The van der Waals surface area contributed by atoms with E-state index in [1.165, 1.54) is 0 Å². The van der Waals surface area contributed by atoms with E-state index < -0.39 is 29.9 Å². The van der Waals surface area contributed by atoms with Gasteiger partial charge in [0.15, 0.2) is 0 Å². The first-order valence-electron chi connectivity index (χ1n) is 9.95. The maximum Gasteiger partial charge on any atom is 0.308 e. The summed E-state index contributed by atoms with van der Waals surface area (Å²) in [6.45, 7) is 0.0971. The van der Waals surface area contributed by atoms with Crippen molar-refractivity contribution in [2.24, 2.45) is 11.5 Å². The van der Waals surface area contributed by atoms with E-state index in [-0.39, 0.29) is 19.4 Å². The van der Waals surface area contributed by atoms with Gasteiger partial charge in [0.2, 0.25) is 11.8 Å². The molecule has 0 saturated heterocycles. The number of ether oxygens (including phenoxy) is 1. The summed E-state index contributed by atoms with van der Waals surface area (Å²) in [7, 11) is 0. The molecule has 0 bridgehead atoms. The number of nitrogens with two attached hydrogens (primary N) is 2. The third kappa shape index (κ3) is 6.38. The van der Waals surface area contributed by atoms with Gasteiger partial charge in [-0.05, 0) is 21.9 Å². The van der Waals surface area contributed by atoms with E-state index in [1.54, 1.807) is 0 Å². The van der Waals surface area contributed by atoms with Crippen LogP contribution in [-0.2, 0) is 32.1 Å². The van der Waals surface area contributed by atoms with Gasteiger partial charge in [0, 0.05) is 6.42 Å². The van der Waals surface area contributed by atoms with Crippen LogP contribution in [0.3, 0.4) is 0 Å². The molecule has 160 valence electrons. The molecule has 0 unspecified atom stereocenters. The first kappa shape index (κ1) is 22.0. The molecule has 0 aliphatic rings. The number of hydrogen-bond donors (Lipinski definition) is 3. The Morgan fingerprint density at radius 1 is 0.871 bits per heavy atom. The highest BCUT2D eigenvalue weighted by molar-refractivity contribution is 5.91. The second-order valence-corrected chi connectivity index (χ2v) is 7.31. The van der Waals surface area contributed by atoms with Crippen LogP contribution in [0.25, 0.3) is 10.8 Å². The maximum atomic E-state index is 12.4. The van der Waals surface area contributed by atoms with E-state index in [0.29, 0.717) is 0 Å². The van der Waals surface area contributed by atoms with Crippen molar-refractivity contribution in [2.75, 3.05) is 0 Å². The minimum absolute atomic E-state index is 0.0971. The van der Waals surface area contributed by atoms with Gasteiger partial charge in [-0.15, -0.1) is 0 Å². The van der Waals surface area contributed by atoms with Crippen LogP contribution in [0.5, 0.6) is 0 Å². The van der Waals surface area contributed by atoms with Crippen molar-refractivity contribution < 1.29 is 19.1 Å². The fourth-order valence-corrected chi connectivity index (χ4v) is 3.17. The molecule has 0 aliphatic carbocycles. The van der Waals surface area contributed by atoms with Gasteiger partial charge in [-0.1, -0.05) is 72.8 Å². The summed E-state index contributed by atoms with van der Waals surface area (Å²) in [4.78, 5) is 36.3. The zero-order valence-corrected chi connectivity index (χ0v) is 17.0. The molecule has 2 atom stereocenters. The first-order valence-corrected chi connectivity index (χ1v) is 9.95. The summed E-state index contributed by atoms with van der Waals surface area (Å²) in [5.41, 5.74) is 13.0.